The zero-order valence-electron chi connectivity index (χ0n) is 15.1. The van der Waals surface area contributed by atoms with Crippen molar-refractivity contribution < 1.29 is 9.59 Å². The van der Waals surface area contributed by atoms with E-state index in [1.807, 2.05) is 38.1 Å². The predicted octanol–water partition coefficient (Wildman–Crippen LogP) is 3.52. The second-order valence-electron chi connectivity index (χ2n) is 6.00. The topological polar surface area (TPSA) is 70.2 Å². The van der Waals surface area contributed by atoms with E-state index in [-0.39, 0.29) is 18.4 Å². The van der Waals surface area contributed by atoms with Crippen LogP contribution in [0.15, 0.2) is 42.5 Å². The molecule has 0 fully saturated rings. The van der Waals surface area contributed by atoms with Crippen molar-refractivity contribution in [2.75, 3.05) is 18.4 Å². The van der Waals surface area contributed by atoms with Gasteiger partial charge >= 0.3 is 0 Å². The Labute approximate surface area is 159 Å². The third-order valence-corrected chi connectivity index (χ3v) is 4.17. The fourth-order valence-corrected chi connectivity index (χ4v) is 2.61. The lowest BCUT2D eigenvalue weighted by atomic mass is 10.1. The zero-order chi connectivity index (χ0) is 18.9. The van der Waals surface area contributed by atoms with Gasteiger partial charge in [0.25, 0.3) is 5.91 Å². The van der Waals surface area contributed by atoms with E-state index in [0.717, 1.165) is 17.5 Å². The summed E-state index contributed by atoms with van der Waals surface area (Å²) in [6.07, 6.45) is 0.851. The highest BCUT2D eigenvalue weighted by molar-refractivity contribution is 6.31. The average molecular weight is 374 g/mol. The molecule has 0 aliphatic heterocycles. The van der Waals surface area contributed by atoms with Gasteiger partial charge < -0.3 is 16.0 Å². The molecular formula is C20H24ClN3O2. The molecular weight excluding hydrogens is 350 g/mol. The van der Waals surface area contributed by atoms with Gasteiger partial charge in [0.05, 0.1) is 12.1 Å². The van der Waals surface area contributed by atoms with Crippen LogP contribution in [0, 0.1) is 6.92 Å². The number of hydrogen-bond donors (Lipinski definition) is 3. The molecule has 0 aliphatic rings. The quantitative estimate of drug-likeness (QED) is 0.663. The lowest BCUT2D eigenvalue weighted by Gasteiger charge is -2.13. The SMILES string of the molecule is CCCNC(=O)c1ccc(Cl)cc1NCC(=O)NCc1ccccc1C. The Kier molecular flexibility index (Phi) is 7.48. The van der Waals surface area contributed by atoms with Crippen LogP contribution in [0.5, 0.6) is 0 Å². The Morgan fingerprint density at radius 2 is 1.85 bits per heavy atom. The fraction of sp³-hybridized carbons (Fsp3) is 0.300. The van der Waals surface area contributed by atoms with Crippen molar-refractivity contribution in [2.24, 2.45) is 0 Å². The summed E-state index contributed by atoms with van der Waals surface area (Å²) in [7, 11) is 0. The molecule has 0 unspecified atom stereocenters. The summed E-state index contributed by atoms with van der Waals surface area (Å²) in [6, 6.07) is 12.9. The highest BCUT2D eigenvalue weighted by atomic mass is 35.5. The number of rotatable bonds is 8. The van der Waals surface area contributed by atoms with Gasteiger partial charge in [-0.1, -0.05) is 42.8 Å². The smallest absolute Gasteiger partial charge is 0.253 e. The number of amides is 2. The maximum atomic E-state index is 12.2. The summed E-state index contributed by atoms with van der Waals surface area (Å²) in [5.41, 5.74) is 3.21. The minimum atomic E-state index is -0.189. The standard InChI is InChI=1S/C20H24ClN3O2/c1-3-10-22-20(26)17-9-8-16(21)11-18(17)23-13-19(25)24-12-15-7-5-4-6-14(15)2/h4-9,11,23H,3,10,12-13H2,1-2H3,(H,22,26)(H,24,25). The van der Waals surface area contributed by atoms with Crippen LogP contribution in [0.25, 0.3) is 0 Å². The molecule has 0 bridgehead atoms. The lowest BCUT2D eigenvalue weighted by Crippen LogP contribution is -2.30. The Bertz CT molecular complexity index is 777. The largest absolute Gasteiger partial charge is 0.375 e. The van der Waals surface area contributed by atoms with E-state index >= 15 is 0 Å². The molecule has 0 heterocycles. The first-order valence-electron chi connectivity index (χ1n) is 8.64. The van der Waals surface area contributed by atoms with Crippen molar-refractivity contribution in [1.29, 1.82) is 0 Å². The number of anilines is 1. The van der Waals surface area contributed by atoms with Crippen molar-refractivity contribution in [3.8, 4) is 0 Å². The van der Waals surface area contributed by atoms with E-state index in [1.165, 1.54) is 0 Å². The molecule has 0 atom stereocenters. The number of carbonyl (C=O) groups is 2. The van der Waals surface area contributed by atoms with Crippen LogP contribution in [-0.2, 0) is 11.3 Å². The molecule has 0 radical (unpaired) electrons. The Morgan fingerprint density at radius 1 is 1.08 bits per heavy atom. The van der Waals surface area contributed by atoms with Crippen molar-refractivity contribution in [2.45, 2.75) is 26.8 Å². The van der Waals surface area contributed by atoms with Crippen molar-refractivity contribution >= 4 is 29.1 Å². The molecule has 138 valence electrons. The molecule has 0 spiro atoms. The second kappa shape index (κ2) is 9.82. The van der Waals surface area contributed by atoms with Crippen LogP contribution in [0.4, 0.5) is 5.69 Å². The van der Waals surface area contributed by atoms with Gasteiger partial charge in [-0.2, -0.15) is 0 Å². The maximum absolute atomic E-state index is 12.2. The van der Waals surface area contributed by atoms with Crippen LogP contribution >= 0.6 is 11.6 Å². The fourth-order valence-electron chi connectivity index (χ4n) is 2.43. The number of aryl methyl sites for hydroxylation is 1. The maximum Gasteiger partial charge on any atom is 0.253 e. The van der Waals surface area contributed by atoms with Gasteiger partial charge in [-0.25, -0.2) is 0 Å². The minimum absolute atomic E-state index is 0.0558. The van der Waals surface area contributed by atoms with E-state index in [0.29, 0.717) is 29.4 Å². The summed E-state index contributed by atoms with van der Waals surface area (Å²) in [5, 5.41) is 9.20. The highest BCUT2D eigenvalue weighted by Crippen LogP contribution is 2.21. The molecule has 26 heavy (non-hydrogen) atoms. The number of carbonyl (C=O) groups excluding carboxylic acids is 2. The van der Waals surface area contributed by atoms with Gasteiger partial charge in [0.1, 0.15) is 0 Å². The third-order valence-electron chi connectivity index (χ3n) is 3.94. The van der Waals surface area contributed by atoms with E-state index in [9.17, 15) is 9.59 Å². The molecule has 6 heteroatoms. The second-order valence-corrected chi connectivity index (χ2v) is 6.44. The Hall–Kier alpha value is -2.53. The number of benzene rings is 2. The van der Waals surface area contributed by atoms with Gasteiger partial charge in [0.15, 0.2) is 0 Å². The zero-order valence-corrected chi connectivity index (χ0v) is 15.8. The van der Waals surface area contributed by atoms with Crippen LogP contribution < -0.4 is 16.0 Å². The summed E-state index contributed by atoms with van der Waals surface area (Å²) < 4.78 is 0. The van der Waals surface area contributed by atoms with Gasteiger partial charge in [-0.15, -0.1) is 0 Å². The molecule has 3 N–H and O–H groups in total. The molecule has 2 aromatic rings. The lowest BCUT2D eigenvalue weighted by molar-refractivity contribution is -0.119. The molecule has 5 nitrogen and oxygen atoms in total. The van der Waals surface area contributed by atoms with E-state index < -0.39 is 0 Å². The number of nitrogens with one attached hydrogen (secondary N) is 3. The van der Waals surface area contributed by atoms with Crippen molar-refractivity contribution in [3.63, 3.8) is 0 Å². The molecule has 2 aromatic carbocycles. The third kappa shape index (κ3) is 5.77. The van der Waals surface area contributed by atoms with E-state index in [2.05, 4.69) is 16.0 Å². The van der Waals surface area contributed by atoms with E-state index in [4.69, 9.17) is 11.6 Å². The van der Waals surface area contributed by atoms with E-state index in [1.54, 1.807) is 18.2 Å². The van der Waals surface area contributed by atoms with Gasteiger partial charge in [-0.3, -0.25) is 9.59 Å². The molecule has 0 saturated heterocycles. The predicted molar refractivity (Wildman–Crippen MR) is 106 cm³/mol. The normalized spacial score (nSPS) is 10.3. The van der Waals surface area contributed by atoms with Gasteiger partial charge in [0, 0.05) is 23.8 Å². The molecule has 0 aromatic heterocycles. The molecule has 0 saturated carbocycles. The molecule has 2 rings (SSSR count). The van der Waals surface area contributed by atoms with Crippen LogP contribution in [0.3, 0.4) is 0 Å². The summed E-state index contributed by atoms with van der Waals surface area (Å²) in [6.45, 7) is 5.11. The molecule has 2 amide bonds. The first kappa shape index (κ1) is 19.8. The Balaban J connectivity index is 1.95. The summed E-state index contributed by atoms with van der Waals surface area (Å²) >= 11 is 6.03. The average Bonchev–Trinajstić information content (AvgIpc) is 2.63. The first-order valence-corrected chi connectivity index (χ1v) is 9.02. The van der Waals surface area contributed by atoms with Crippen molar-refractivity contribution in [3.05, 3.63) is 64.2 Å². The van der Waals surface area contributed by atoms with Crippen LogP contribution in [-0.4, -0.2) is 24.9 Å². The first-order chi connectivity index (χ1) is 12.5. The van der Waals surface area contributed by atoms with Crippen molar-refractivity contribution in [1.82, 2.24) is 10.6 Å². The summed E-state index contributed by atoms with van der Waals surface area (Å²) in [5.74, 6) is -0.348. The number of hydrogen-bond acceptors (Lipinski definition) is 3. The minimum Gasteiger partial charge on any atom is -0.375 e. The Morgan fingerprint density at radius 3 is 2.58 bits per heavy atom. The highest BCUT2D eigenvalue weighted by Gasteiger charge is 2.12. The van der Waals surface area contributed by atoms with Crippen LogP contribution in [0.2, 0.25) is 5.02 Å². The molecule has 0 aliphatic carbocycles. The number of halogens is 1. The van der Waals surface area contributed by atoms with Crippen LogP contribution in [0.1, 0.15) is 34.8 Å². The monoisotopic (exact) mass is 373 g/mol. The van der Waals surface area contributed by atoms with Gasteiger partial charge in [-0.05, 0) is 42.7 Å². The summed E-state index contributed by atoms with van der Waals surface area (Å²) in [4.78, 5) is 24.4. The van der Waals surface area contributed by atoms with Gasteiger partial charge in [0.2, 0.25) is 5.91 Å².